The molecule has 1 aromatic carbocycles. The number of rotatable bonds is 5. The van der Waals surface area contributed by atoms with Crippen LogP contribution in [0.4, 0.5) is 5.69 Å². The van der Waals surface area contributed by atoms with Gasteiger partial charge in [0.1, 0.15) is 0 Å². The van der Waals surface area contributed by atoms with Gasteiger partial charge in [-0.15, -0.1) is 0 Å². The molecule has 3 nitrogen and oxygen atoms in total. The number of nitrogens with two attached hydrogens (primary N) is 1. The van der Waals surface area contributed by atoms with Crippen molar-refractivity contribution in [1.82, 2.24) is 4.90 Å². The summed E-state index contributed by atoms with van der Waals surface area (Å²) in [5.41, 5.74) is 8.22. The highest BCUT2D eigenvalue weighted by molar-refractivity contribution is 6.31. The molecule has 1 fully saturated rings. The average Bonchev–Trinajstić information content (AvgIpc) is 2.42. The molecule has 1 aromatic rings. The SMILES string of the molecule is CN(C)CC1CCN(c2cccc(Cl)c2CCN)CC1. The minimum atomic E-state index is 0.647. The van der Waals surface area contributed by atoms with E-state index in [1.165, 1.54) is 30.6 Å². The molecular weight excluding hydrogens is 270 g/mol. The normalized spacial score (nSPS) is 16.9. The molecule has 0 aromatic heterocycles. The van der Waals surface area contributed by atoms with Gasteiger partial charge in [0, 0.05) is 30.3 Å². The Kier molecular flexibility index (Phi) is 5.70. The van der Waals surface area contributed by atoms with E-state index in [0.717, 1.165) is 30.5 Å². The Morgan fingerprint density at radius 1 is 1.30 bits per heavy atom. The van der Waals surface area contributed by atoms with Crippen molar-refractivity contribution in [2.45, 2.75) is 19.3 Å². The molecule has 20 heavy (non-hydrogen) atoms. The van der Waals surface area contributed by atoms with Gasteiger partial charge in [0.15, 0.2) is 0 Å². The van der Waals surface area contributed by atoms with Gasteiger partial charge in [-0.2, -0.15) is 0 Å². The van der Waals surface area contributed by atoms with E-state index in [1.54, 1.807) is 0 Å². The zero-order valence-corrected chi connectivity index (χ0v) is 13.4. The number of anilines is 1. The van der Waals surface area contributed by atoms with Crippen LogP contribution < -0.4 is 10.6 Å². The van der Waals surface area contributed by atoms with Crippen LogP contribution in [0.3, 0.4) is 0 Å². The Morgan fingerprint density at radius 3 is 2.60 bits per heavy atom. The number of benzene rings is 1. The molecule has 2 rings (SSSR count). The smallest absolute Gasteiger partial charge is 0.0459 e. The molecule has 1 heterocycles. The topological polar surface area (TPSA) is 32.5 Å². The first kappa shape index (κ1) is 15.6. The van der Waals surface area contributed by atoms with Crippen molar-refractivity contribution < 1.29 is 0 Å². The van der Waals surface area contributed by atoms with Gasteiger partial charge < -0.3 is 15.5 Å². The lowest BCUT2D eigenvalue weighted by molar-refractivity contribution is 0.285. The third kappa shape index (κ3) is 3.87. The van der Waals surface area contributed by atoms with Crippen LogP contribution >= 0.6 is 11.6 Å². The van der Waals surface area contributed by atoms with E-state index in [2.05, 4.69) is 30.0 Å². The van der Waals surface area contributed by atoms with Crippen LogP contribution in [0.5, 0.6) is 0 Å². The number of nitrogens with zero attached hydrogens (tertiary/aromatic N) is 2. The highest BCUT2D eigenvalue weighted by atomic mass is 35.5. The van der Waals surface area contributed by atoms with Crippen LogP contribution in [-0.4, -0.2) is 45.2 Å². The highest BCUT2D eigenvalue weighted by Gasteiger charge is 2.21. The lowest BCUT2D eigenvalue weighted by Crippen LogP contribution is -2.37. The van der Waals surface area contributed by atoms with Gasteiger partial charge in [-0.05, 0) is 63.5 Å². The summed E-state index contributed by atoms with van der Waals surface area (Å²) in [6.07, 6.45) is 3.37. The molecule has 0 amide bonds. The quantitative estimate of drug-likeness (QED) is 0.906. The number of hydrogen-bond acceptors (Lipinski definition) is 3. The van der Waals surface area contributed by atoms with Crippen LogP contribution in [0.25, 0.3) is 0 Å². The molecule has 4 heteroatoms. The fraction of sp³-hybridized carbons (Fsp3) is 0.625. The number of piperidine rings is 1. The summed E-state index contributed by atoms with van der Waals surface area (Å²) in [6, 6.07) is 6.20. The van der Waals surface area contributed by atoms with Crippen molar-refractivity contribution in [3.05, 3.63) is 28.8 Å². The van der Waals surface area contributed by atoms with Crippen molar-refractivity contribution >= 4 is 17.3 Å². The van der Waals surface area contributed by atoms with E-state index in [1.807, 2.05) is 12.1 Å². The van der Waals surface area contributed by atoms with Gasteiger partial charge >= 0.3 is 0 Å². The van der Waals surface area contributed by atoms with Gasteiger partial charge in [-0.25, -0.2) is 0 Å². The van der Waals surface area contributed by atoms with Gasteiger partial charge in [0.25, 0.3) is 0 Å². The zero-order valence-electron chi connectivity index (χ0n) is 12.6. The minimum Gasteiger partial charge on any atom is -0.371 e. The third-order valence-corrected chi connectivity index (χ3v) is 4.42. The predicted molar refractivity (Wildman–Crippen MR) is 87.7 cm³/mol. The zero-order chi connectivity index (χ0) is 14.5. The summed E-state index contributed by atoms with van der Waals surface area (Å²) in [4.78, 5) is 4.77. The van der Waals surface area contributed by atoms with Gasteiger partial charge in [-0.3, -0.25) is 0 Å². The first-order chi connectivity index (χ1) is 9.61. The van der Waals surface area contributed by atoms with Crippen LogP contribution in [-0.2, 0) is 6.42 Å². The molecule has 2 N–H and O–H groups in total. The Balaban J connectivity index is 2.05. The molecule has 0 bridgehead atoms. The van der Waals surface area contributed by atoms with E-state index in [0.29, 0.717) is 6.54 Å². The lowest BCUT2D eigenvalue weighted by Gasteiger charge is -2.36. The van der Waals surface area contributed by atoms with Gasteiger partial charge in [0.05, 0.1) is 0 Å². The summed E-state index contributed by atoms with van der Waals surface area (Å²) in [5, 5.41) is 0.850. The van der Waals surface area contributed by atoms with Crippen LogP contribution in [0, 0.1) is 5.92 Å². The first-order valence-electron chi connectivity index (χ1n) is 7.49. The van der Waals surface area contributed by atoms with Crippen molar-refractivity contribution in [3.63, 3.8) is 0 Å². The standard InChI is InChI=1S/C16H26ClN3/c1-19(2)12-13-7-10-20(11-8-13)16-5-3-4-15(17)14(16)6-9-18/h3-5,13H,6-12,18H2,1-2H3. The first-order valence-corrected chi connectivity index (χ1v) is 7.86. The Labute approximate surface area is 127 Å². The lowest BCUT2D eigenvalue weighted by atomic mass is 9.95. The minimum absolute atomic E-state index is 0.647. The summed E-state index contributed by atoms with van der Waals surface area (Å²) >= 11 is 6.34. The largest absolute Gasteiger partial charge is 0.371 e. The molecule has 1 aliphatic heterocycles. The van der Waals surface area contributed by atoms with Gasteiger partial charge in [0.2, 0.25) is 0 Å². The summed E-state index contributed by atoms with van der Waals surface area (Å²) in [7, 11) is 4.31. The number of hydrogen-bond donors (Lipinski definition) is 1. The fourth-order valence-corrected chi connectivity index (χ4v) is 3.37. The van der Waals surface area contributed by atoms with E-state index in [9.17, 15) is 0 Å². The second kappa shape index (κ2) is 7.30. The molecule has 0 radical (unpaired) electrons. The fourth-order valence-electron chi connectivity index (χ4n) is 3.11. The molecule has 0 spiro atoms. The summed E-state index contributed by atoms with van der Waals surface area (Å²) in [5.74, 6) is 0.818. The molecule has 0 saturated carbocycles. The van der Waals surface area contributed by atoms with Crippen LogP contribution in [0.2, 0.25) is 5.02 Å². The third-order valence-electron chi connectivity index (χ3n) is 4.07. The second-order valence-electron chi connectivity index (χ2n) is 5.97. The maximum Gasteiger partial charge on any atom is 0.0459 e. The summed E-state index contributed by atoms with van der Waals surface area (Å²) in [6.45, 7) is 4.08. The maximum absolute atomic E-state index is 6.34. The van der Waals surface area contributed by atoms with E-state index in [-0.39, 0.29) is 0 Å². The van der Waals surface area contributed by atoms with Crippen molar-refractivity contribution in [2.75, 3.05) is 45.2 Å². The van der Waals surface area contributed by atoms with E-state index >= 15 is 0 Å². The van der Waals surface area contributed by atoms with E-state index in [4.69, 9.17) is 17.3 Å². The highest BCUT2D eigenvalue weighted by Crippen LogP contribution is 2.31. The van der Waals surface area contributed by atoms with Crippen molar-refractivity contribution in [3.8, 4) is 0 Å². The molecule has 0 atom stereocenters. The Bertz CT molecular complexity index is 426. The average molecular weight is 296 g/mol. The molecule has 1 saturated heterocycles. The molecule has 0 unspecified atom stereocenters. The molecule has 112 valence electrons. The Hall–Kier alpha value is -0.770. The van der Waals surface area contributed by atoms with E-state index < -0.39 is 0 Å². The number of halogens is 1. The maximum atomic E-state index is 6.34. The molecule has 1 aliphatic rings. The van der Waals surface area contributed by atoms with Crippen molar-refractivity contribution in [2.24, 2.45) is 11.7 Å². The Morgan fingerprint density at radius 2 is 2.00 bits per heavy atom. The second-order valence-corrected chi connectivity index (χ2v) is 6.38. The van der Waals surface area contributed by atoms with Gasteiger partial charge in [-0.1, -0.05) is 17.7 Å². The van der Waals surface area contributed by atoms with Crippen LogP contribution in [0.15, 0.2) is 18.2 Å². The van der Waals surface area contributed by atoms with Crippen molar-refractivity contribution in [1.29, 1.82) is 0 Å². The van der Waals surface area contributed by atoms with Crippen LogP contribution in [0.1, 0.15) is 18.4 Å². The molecular formula is C16H26ClN3. The monoisotopic (exact) mass is 295 g/mol. The molecule has 0 aliphatic carbocycles. The predicted octanol–water partition coefficient (Wildman–Crippen LogP) is 2.62. The summed E-state index contributed by atoms with van der Waals surface area (Å²) < 4.78 is 0.